The van der Waals surface area contributed by atoms with Crippen molar-refractivity contribution < 1.29 is 14.6 Å². The fourth-order valence-corrected chi connectivity index (χ4v) is 2.71. The summed E-state index contributed by atoms with van der Waals surface area (Å²) in [4.78, 5) is 14.1. The Morgan fingerprint density at radius 1 is 1.48 bits per heavy atom. The molecule has 1 amide bonds. The maximum Gasteiger partial charge on any atom is 0.255 e. The Bertz CT molecular complexity index is 516. The van der Waals surface area contributed by atoms with Crippen LogP contribution in [-0.4, -0.2) is 55.4 Å². The lowest BCUT2D eigenvalue weighted by atomic mass is 9.93. The fraction of sp³-hybridized carbons (Fsp3) is 0.533. The second-order valence-corrected chi connectivity index (χ2v) is 5.87. The number of nitrogens with one attached hydrogen (secondary N) is 1. The maximum atomic E-state index is 12.6. The number of benzene rings is 1. The molecule has 0 radical (unpaired) electrons. The van der Waals surface area contributed by atoms with Crippen LogP contribution in [-0.2, 0) is 4.74 Å². The Morgan fingerprint density at radius 3 is 2.76 bits per heavy atom. The number of carbonyl (C=O) groups excluding carboxylic acids is 1. The first-order valence-corrected chi connectivity index (χ1v) is 7.36. The molecule has 0 aliphatic carbocycles. The zero-order chi connectivity index (χ0) is 15.5. The average Bonchev–Trinajstić information content (AvgIpc) is 2.46. The zero-order valence-electron chi connectivity index (χ0n) is 12.4. The summed E-state index contributed by atoms with van der Waals surface area (Å²) in [6, 6.07) is 5.14. The quantitative estimate of drug-likeness (QED) is 0.892. The summed E-state index contributed by atoms with van der Waals surface area (Å²) in [7, 11) is 3.45. The van der Waals surface area contributed by atoms with E-state index in [0.717, 1.165) is 5.69 Å². The normalized spacial score (nSPS) is 17.3. The third kappa shape index (κ3) is 3.87. The van der Waals surface area contributed by atoms with E-state index >= 15 is 0 Å². The number of aliphatic hydroxyl groups is 1. The molecule has 116 valence electrons. The third-order valence-corrected chi connectivity index (χ3v) is 4.02. The highest BCUT2D eigenvalue weighted by atomic mass is 35.5. The molecule has 6 heteroatoms. The molecular formula is C15H21ClN2O3. The molecule has 5 nitrogen and oxygen atoms in total. The number of hydrogen-bond donors (Lipinski definition) is 2. The van der Waals surface area contributed by atoms with Crippen molar-refractivity contribution in [1.82, 2.24) is 4.90 Å². The topological polar surface area (TPSA) is 61.8 Å². The summed E-state index contributed by atoms with van der Waals surface area (Å²) in [6.45, 7) is 1.33. The summed E-state index contributed by atoms with van der Waals surface area (Å²) >= 11 is 5.98. The van der Waals surface area contributed by atoms with Gasteiger partial charge in [-0.05, 0) is 18.2 Å². The highest BCUT2D eigenvalue weighted by Crippen LogP contribution is 2.25. The molecule has 0 atom stereocenters. The van der Waals surface area contributed by atoms with Crippen LogP contribution >= 0.6 is 11.6 Å². The first-order chi connectivity index (χ1) is 9.95. The third-order valence-electron chi connectivity index (χ3n) is 3.78. The van der Waals surface area contributed by atoms with Crippen LogP contribution in [0.2, 0.25) is 5.02 Å². The summed E-state index contributed by atoms with van der Waals surface area (Å²) < 4.78 is 5.25. The van der Waals surface area contributed by atoms with Crippen molar-refractivity contribution in [1.29, 1.82) is 0 Å². The molecule has 1 aliphatic rings. The van der Waals surface area contributed by atoms with E-state index in [0.29, 0.717) is 36.6 Å². The van der Waals surface area contributed by atoms with Crippen molar-refractivity contribution in [2.24, 2.45) is 0 Å². The van der Waals surface area contributed by atoms with Crippen LogP contribution < -0.4 is 5.32 Å². The standard InChI is InChI=1S/C15H21ClN2O3/c1-17-13-4-3-11(16)9-12(13)14(19)18(2)10-15(20)5-7-21-8-6-15/h3-4,9,17,20H,5-8,10H2,1-2H3. The minimum Gasteiger partial charge on any atom is -0.388 e. The maximum absolute atomic E-state index is 12.6. The van der Waals surface area contributed by atoms with Crippen LogP contribution in [0.5, 0.6) is 0 Å². The molecule has 0 saturated carbocycles. The predicted molar refractivity (Wildman–Crippen MR) is 83.0 cm³/mol. The molecule has 21 heavy (non-hydrogen) atoms. The van der Waals surface area contributed by atoms with Crippen LogP contribution in [0.4, 0.5) is 5.69 Å². The largest absolute Gasteiger partial charge is 0.388 e. The van der Waals surface area contributed by atoms with Crippen LogP contribution in [0.25, 0.3) is 0 Å². The molecule has 1 saturated heterocycles. The van der Waals surface area contributed by atoms with Crippen molar-refractivity contribution in [3.8, 4) is 0 Å². The van der Waals surface area contributed by atoms with E-state index < -0.39 is 5.60 Å². The highest BCUT2D eigenvalue weighted by molar-refractivity contribution is 6.31. The number of nitrogens with zero attached hydrogens (tertiary/aromatic N) is 1. The van der Waals surface area contributed by atoms with Crippen LogP contribution in [0.1, 0.15) is 23.2 Å². The molecule has 2 N–H and O–H groups in total. The van der Waals surface area contributed by atoms with Crippen molar-refractivity contribution >= 4 is 23.2 Å². The van der Waals surface area contributed by atoms with Gasteiger partial charge in [0.1, 0.15) is 0 Å². The first-order valence-electron chi connectivity index (χ1n) is 6.98. The molecule has 1 aromatic carbocycles. The minimum absolute atomic E-state index is 0.165. The van der Waals surface area contributed by atoms with Crippen molar-refractivity contribution in [2.45, 2.75) is 18.4 Å². The van der Waals surface area contributed by atoms with Crippen LogP contribution in [0.3, 0.4) is 0 Å². The van der Waals surface area contributed by atoms with Gasteiger partial charge in [-0.15, -0.1) is 0 Å². The lowest BCUT2D eigenvalue weighted by molar-refractivity contribution is -0.0734. The molecular weight excluding hydrogens is 292 g/mol. The van der Waals surface area contributed by atoms with Gasteiger partial charge in [-0.25, -0.2) is 0 Å². The molecule has 1 heterocycles. The van der Waals surface area contributed by atoms with Crippen LogP contribution in [0.15, 0.2) is 18.2 Å². The second kappa shape index (κ2) is 6.64. The van der Waals surface area contributed by atoms with E-state index in [9.17, 15) is 9.90 Å². The van der Waals surface area contributed by atoms with Gasteiger partial charge in [0, 0.05) is 57.4 Å². The van der Waals surface area contributed by atoms with Gasteiger partial charge in [0.15, 0.2) is 0 Å². The van der Waals surface area contributed by atoms with Gasteiger partial charge in [-0.2, -0.15) is 0 Å². The lowest BCUT2D eigenvalue weighted by Gasteiger charge is -2.35. The number of halogens is 1. The van der Waals surface area contributed by atoms with Gasteiger partial charge in [0.2, 0.25) is 0 Å². The van der Waals surface area contributed by atoms with Gasteiger partial charge in [0.05, 0.1) is 11.2 Å². The van der Waals surface area contributed by atoms with Gasteiger partial charge in [-0.1, -0.05) is 11.6 Å². The molecule has 1 fully saturated rings. The lowest BCUT2D eigenvalue weighted by Crippen LogP contribution is -2.47. The molecule has 0 bridgehead atoms. The summed E-state index contributed by atoms with van der Waals surface area (Å²) in [5, 5.41) is 14.0. The molecule has 1 aromatic rings. The highest BCUT2D eigenvalue weighted by Gasteiger charge is 2.32. The fourth-order valence-electron chi connectivity index (χ4n) is 2.54. The van der Waals surface area contributed by atoms with Gasteiger partial charge in [-0.3, -0.25) is 4.79 Å². The Morgan fingerprint density at radius 2 is 2.14 bits per heavy atom. The van der Waals surface area contributed by atoms with E-state index in [1.165, 1.54) is 4.90 Å². The second-order valence-electron chi connectivity index (χ2n) is 5.44. The number of rotatable bonds is 4. The van der Waals surface area contributed by atoms with E-state index in [2.05, 4.69) is 5.32 Å². The number of likely N-dealkylation sites (N-methyl/N-ethyl adjacent to an activating group) is 1. The van der Waals surface area contributed by atoms with E-state index in [-0.39, 0.29) is 12.5 Å². The minimum atomic E-state index is -0.874. The molecule has 2 rings (SSSR count). The van der Waals surface area contributed by atoms with E-state index in [4.69, 9.17) is 16.3 Å². The molecule has 0 unspecified atom stereocenters. The Labute approximate surface area is 129 Å². The molecule has 0 aromatic heterocycles. The zero-order valence-corrected chi connectivity index (χ0v) is 13.1. The van der Waals surface area contributed by atoms with Gasteiger partial charge in [0.25, 0.3) is 5.91 Å². The Hall–Kier alpha value is -1.30. The predicted octanol–water partition coefficient (Wildman–Crippen LogP) is 2.00. The summed E-state index contributed by atoms with van der Waals surface area (Å²) in [5.74, 6) is -0.165. The summed E-state index contributed by atoms with van der Waals surface area (Å²) in [5.41, 5.74) is 0.347. The Kier molecular flexibility index (Phi) is 5.08. The van der Waals surface area contributed by atoms with E-state index in [1.54, 1.807) is 32.3 Å². The summed E-state index contributed by atoms with van der Waals surface area (Å²) in [6.07, 6.45) is 1.08. The number of anilines is 1. The van der Waals surface area contributed by atoms with E-state index in [1.807, 2.05) is 0 Å². The number of amides is 1. The SMILES string of the molecule is CNc1ccc(Cl)cc1C(=O)N(C)CC1(O)CCOCC1. The molecule has 0 spiro atoms. The smallest absolute Gasteiger partial charge is 0.255 e. The Balaban J connectivity index is 2.13. The number of carbonyl (C=O) groups is 1. The number of hydrogen-bond acceptors (Lipinski definition) is 4. The van der Waals surface area contributed by atoms with Gasteiger partial charge >= 0.3 is 0 Å². The van der Waals surface area contributed by atoms with Crippen molar-refractivity contribution in [3.63, 3.8) is 0 Å². The average molecular weight is 313 g/mol. The first kappa shape index (κ1) is 16.1. The van der Waals surface area contributed by atoms with Crippen molar-refractivity contribution in [2.75, 3.05) is 39.2 Å². The molecule has 1 aliphatic heterocycles. The number of ether oxygens (including phenoxy) is 1. The van der Waals surface area contributed by atoms with Crippen molar-refractivity contribution in [3.05, 3.63) is 28.8 Å². The van der Waals surface area contributed by atoms with Crippen LogP contribution in [0, 0.1) is 0 Å². The monoisotopic (exact) mass is 312 g/mol. The van der Waals surface area contributed by atoms with Gasteiger partial charge < -0.3 is 20.1 Å².